The number of hydrogen-bond donors (Lipinski definition) is 1. The molecule has 140 valence electrons. The van der Waals surface area contributed by atoms with Gasteiger partial charge in [0.1, 0.15) is 6.54 Å². The van der Waals surface area contributed by atoms with E-state index in [9.17, 15) is 9.59 Å². The maximum Gasteiger partial charge on any atom is 0.368 e. The molecule has 0 aliphatic heterocycles. The SMILES string of the molecule is CC(C)C[C@H](NC(=O)Cn1nnn(-c2ccccc2)c1=O)c1ccccc1. The molecule has 0 saturated heterocycles. The van der Waals surface area contributed by atoms with E-state index in [0.29, 0.717) is 11.6 Å². The van der Waals surface area contributed by atoms with E-state index in [4.69, 9.17) is 0 Å². The molecule has 0 fully saturated rings. The highest BCUT2D eigenvalue weighted by atomic mass is 16.2. The van der Waals surface area contributed by atoms with Gasteiger partial charge in [0, 0.05) is 0 Å². The lowest BCUT2D eigenvalue weighted by Gasteiger charge is -2.21. The van der Waals surface area contributed by atoms with Crippen molar-refractivity contribution in [2.24, 2.45) is 5.92 Å². The zero-order valence-corrected chi connectivity index (χ0v) is 15.4. The molecular formula is C20H23N5O2. The molecule has 0 aliphatic rings. The van der Waals surface area contributed by atoms with Crippen LogP contribution in [0.15, 0.2) is 65.5 Å². The summed E-state index contributed by atoms with van der Waals surface area (Å²) < 4.78 is 2.25. The van der Waals surface area contributed by atoms with Crippen LogP contribution in [-0.2, 0) is 11.3 Å². The van der Waals surface area contributed by atoms with Gasteiger partial charge in [-0.25, -0.2) is 4.79 Å². The van der Waals surface area contributed by atoms with Gasteiger partial charge in [-0.1, -0.05) is 62.4 Å². The third-order valence-corrected chi connectivity index (χ3v) is 4.18. The smallest absolute Gasteiger partial charge is 0.348 e. The van der Waals surface area contributed by atoms with Gasteiger partial charge in [0.25, 0.3) is 0 Å². The van der Waals surface area contributed by atoms with Gasteiger partial charge in [-0.2, -0.15) is 9.36 Å². The van der Waals surface area contributed by atoms with Crippen LogP contribution in [0.25, 0.3) is 5.69 Å². The van der Waals surface area contributed by atoms with Gasteiger partial charge < -0.3 is 5.32 Å². The Balaban J connectivity index is 1.73. The number of nitrogens with one attached hydrogen (secondary N) is 1. The molecule has 0 unspecified atom stereocenters. The summed E-state index contributed by atoms with van der Waals surface area (Å²) in [5.41, 5.74) is 1.20. The van der Waals surface area contributed by atoms with Gasteiger partial charge in [-0.15, -0.1) is 0 Å². The van der Waals surface area contributed by atoms with Crippen LogP contribution in [0.5, 0.6) is 0 Å². The van der Waals surface area contributed by atoms with Gasteiger partial charge in [-0.3, -0.25) is 4.79 Å². The minimum Gasteiger partial charge on any atom is -0.348 e. The second-order valence-electron chi connectivity index (χ2n) is 6.83. The van der Waals surface area contributed by atoms with Crippen molar-refractivity contribution in [3.63, 3.8) is 0 Å². The molecule has 7 heteroatoms. The highest BCUT2D eigenvalue weighted by molar-refractivity contribution is 5.76. The van der Waals surface area contributed by atoms with E-state index in [1.165, 1.54) is 4.68 Å². The predicted molar refractivity (Wildman–Crippen MR) is 102 cm³/mol. The first-order valence-corrected chi connectivity index (χ1v) is 8.97. The molecule has 0 spiro atoms. The Morgan fingerprint density at radius 3 is 2.26 bits per heavy atom. The van der Waals surface area contributed by atoms with Gasteiger partial charge in [0.15, 0.2) is 0 Å². The second kappa shape index (κ2) is 8.44. The van der Waals surface area contributed by atoms with Crippen LogP contribution in [0.3, 0.4) is 0 Å². The molecule has 3 aromatic rings. The van der Waals surface area contributed by atoms with Crippen LogP contribution in [-0.4, -0.2) is 25.7 Å². The number of carbonyl (C=O) groups is 1. The highest BCUT2D eigenvalue weighted by Gasteiger charge is 2.18. The van der Waals surface area contributed by atoms with E-state index in [1.807, 2.05) is 48.5 Å². The van der Waals surface area contributed by atoms with Gasteiger partial charge in [0.2, 0.25) is 5.91 Å². The minimum absolute atomic E-state index is 0.112. The van der Waals surface area contributed by atoms with E-state index in [2.05, 4.69) is 29.6 Å². The number of nitrogens with zero attached hydrogens (tertiary/aromatic N) is 4. The second-order valence-corrected chi connectivity index (χ2v) is 6.83. The third-order valence-electron chi connectivity index (χ3n) is 4.18. The van der Waals surface area contributed by atoms with Crippen LogP contribution in [0, 0.1) is 5.92 Å². The first kappa shape index (κ1) is 18.6. The third kappa shape index (κ3) is 4.69. The summed E-state index contributed by atoms with van der Waals surface area (Å²) in [5.74, 6) is 0.142. The lowest BCUT2D eigenvalue weighted by atomic mass is 9.97. The maximum absolute atomic E-state index is 12.5. The fraction of sp³-hybridized carbons (Fsp3) is 0.300. The summed E-state index contributed by atoms with van der Waals surface area (Å²) >= 11 is 0. The van der Waals surface area contributed by atoms with Crippen molar-refractivity contribution >= 4 is 5.91 Å². The molecule has 0 bridgehead atoms. The number of aromatic nitrogens is 4. The number of carbonyl (C=O) groups excluding carboxylic acids is 1. The first-order valence-electron chi connectivity index (χ1n) is 8.97. The van der Waals surface area contributed by atoms with Crippen LogP contribution >= 0.6 is 0 Å². The van der Waals surface area contributed by atoms with Gasteiger partial charge in [0.05, 0.1) is 11.7 Å². The van der Waals surface area contributed by atoms with E-state index in [0.717, 1.165) is 16.7 Å². The van der Waals surface area contributed by atoms with Crippen LogP contribution in [0.4, 0.5) is 0 Å². The monoisotopic (exact) mass is 365 g/mol. The van der Waals surface area contributed by atoms with E-state index < -0.39 is 5.69 Å². The van der Waals surface area contributed by atoms with Crippen molar-refractivity contribution < 1.29 is 4.79 Å². The van der Waals surface area contributed by atoms with Crippen LogP contribution in [0.2, 0.25) is 0 Å². The fourth-order valence-electron chi connectivity index (χ4n) is 2.92. The Labute approximate surface area is 157 Å². The van der Waals surface area contributed by atoms with Crippen molar-refractivity contribution in [1.29, 1.82) is 0 Å². The summed E-state index contributed by atoms with van der Waals surface area (Å²) in [4.78, 5) is 25.0. The predicted octanol–water partition coefficient (Wildman–Crippen LogP) is 2.33. The molecule has 0 radical (unpaired) electrons. The lowest BCUT2D eigenvalue weighted by Crippen LogP contribution is -2.36. The van der Waals surface area contributed by atoms with E-state index in [-0.39, 0.29) is 18.5 Å². The first-order chi connectivity index (χ1) is 13.0. The summed E-state index contributed by atoms with van der Waals surface area (Å²) in [6, 6.07) is 18.7. The molecule has 3 rings (SSSR count). The van der Waals surface area contributed by atoms with Crippen molar-refractivity contribution in [3.8, 4) is 5.69 Å². The summed E-state index contributed by atoms with van der Waals surface area (Å²) in [5, 5.41) is 10.7. The minimum atomic E-state index is -0.448. The molecule has 27 heavy (non-hydrogen) atoms. The summed E-state index contributed by atoms with van der Waals surface area (Å²) in [6.45, 7) is 4.04. The van der Waals surface area contributed by atoms with E-state index in [1.54, 1.807) is 12.1 Å². The zero-order chi connectivity index (χ0) is 19.2. The number of hydrogen-bond acceptors (Lipinski definition) is 4. The fourth-order valence-corrected chi connectivity index (χ4v) is 2.92. The average molecular weight is 365 g/mol. The molecule has 0 aliphatic carbocycles. The summed E-state index contributed by atoms with van der Waals surface area (Å²) in [7, 11) is 0. The Kier molecular flexibility index (Phi) is 5.80. The Morgan fingerprint density at radius 2 is 1.63 bits per heavy atom. The highest BCUT2D eigenvalue weighted by Crippen LogP contribution is 2.20. The van der Waals surface area contributed by atoms with Crippen LogP contribution < -0.4 is 11.0 Å². The topological polar surface area (TPSA) is 81.8 Å². The standard InChI is InChI=1S/C20H23N5O2/c1-15(2)13-18(16-9-5-3-6-10-16)21-19(26)14-24-20(27)25(23-22-24)17-11-7-4-8-12-17/h3-12,15,18H,13-14H2,1-2H3,(H,21,26)/t18-/m0/s1. The molecule has 1 amide bonds. The Bertz CT molecular complexity index is 932. The number of tetrazole rings is 1. The Morgan fingerprint density at radius 1 is 1.00 bits per heavy atom. The molecule has 1 atom stereocenters. The largest absolute Gasteiger partial charge is 0.368 e. The van der Waals surface area contributed by atoms with Gasteiger partial charge in [-0.05, 0) is 40.5 Å². The molecule has 1 aromatic heterocycles. The molecular weight excluding hydrogens is 342 g/mol. The average Bonchev–Trinajstić information content (AvgIpc) is 3.02. The van der Waals surface area contributed by atoms with Crippen molar-refractivity contribution in [2.75, 3.05) is 0 Å². The normalized spacial score (nSPS) is 12.1. The molecule has 1 heterocycles. The van der Waals surface area contributed by atoms with Crippen LogP contribution in [0.1, 0.15) is 31.9 Å². The maximum atomic E-state index is 12.5. The van der Waals surface area contributed by atoms with Crippen molar-refractivity contribution in [2.45, 2.75) is 32.9 Å². The molecule has 0 saturated carbocycles. The van der Waals surface area contributed by atoms with Crippen molar-refractivity contribution in [3.05, 3.63) is 76.7 Å². The number of benzene rings is 2. The molecule has 7 nitrogen and oxygen atoms in total. The van der Waals surface area contributed by atoms with Gasteiger partial charge >= 0.3 is 5.69 Å². The molecule has 1 N–H and O–H groups in total. The number of para-hydroxylation sites is 1. The Hall–Kier alpha value is -3.22. The molecule has 2 aromatic carbocycles. The quantitative estimate of drug-likeness (QED) is 0.697. The van der Waals surface area contributed by atoms with Crippen molar-refractivity contribution in [1.82, 2.24) is 25.1 Å². The summed E-state index contributed by atoms with van der Waals surface area (Å²) in [6.07, 6.45) is 0.807. The zero-order valence-electron chi connectivity index (χ0n) is 15.4. The van der Waals surface area contributed by atoms with E-state index >= 15 is 0 Å². The lowest BCUT2D eigenvalue weighted by molar-refractivity contribution is -0.122. The number of amides is 1. The number of rotatable bonds is 7.